The lowest BCUT2D eigenvalue weighted by Gasteiger charge is -2.29. The lowest BCUT2D eigenvalue weighted by molar-refractivity contribution is 0.373. The summed E-state index contributed by atoms with van der Waals surface area (Å²) in [5, 5.41) is 51.9. The largest absolute Gasteiger partial charge is 0.504 e. The van der Waals surface area contributed by atoms with E-state index in [0.29, 0.717) is 23.4 Å². The molecular formula is C55H43NO4. The molecule has 0 aliphatic heterocycles. The zero-order valence-electron chi connectivity index (χ0n) is 33.3. The molecule has 0 bridgehead atoms. The van der Waals surface area contributed by atoms with Crippen molar-refractivity contribution in [1.82, 2.24) is 0 Å². The predicted octanol–water partition coefficient (Wildman–Crippen LogP) is 12.4. The molecule has 60 heavy (non-hydrogen) atoms. The molecule has 0 amide bonds. The van der Waals surface area contributed by atoms with E-state index in [-0.39, 0.29) is 11.3 Å². The number of phenolic OH excluding ortho intramolecular Hbond substituents is 4. The minimum atomic E-state index is -0.561. The molecule has 0 fully saturated rings. The van der Waals surface area contributed by atoms with Gasteiger partial charge in [-0.15, -0.1) is 0 Å². The fourth-order valence-electron chi connectivity index (χ4n) is 8.47. The molecule has 9 rings (SSSR count). The van der Waals surface area contributed by atoms with Crippen LogP contribution in [0.15, 0.2) is 194 Å². The van der Waals surface area contributed by atoms with Crippen molar-refractivity contribution in [3.63, 3.8) is 0 Å². The second-order valence-corrected chi connectivity index (χ2v) is 15.0. The van der Waals surface area contributed by atoms with Crippen LogP contribution in [-0.4, -0.2) is 20.4 Å². The Hall–Kier alpha value is -7.76. The van der Waals surface area contributed by atoms with Crippen molar-refractivity contribution in [3.8, 4) is 56.4 Å². The number of allylic oxidation sites excluding steroid dienone is 4. The average Bonchev–Trinajstić information content (AvgIpc) is 3.43. The maximum atomic E-state index is 12.1. The van der Waals surface area contributed by atoms with E-state index in [2.05, 4.69) is 42.5 Å². The molecule has 0 unspecified atom stereocenters. The van der Waals surface area contributed by atoms with E-state index in [9.17, 15) is 20.4 Å². The van der Waals surface area contributed by atoms with Crippen LogP contribution in [-0.2, 0) is 0 Å². The molecule has 0 heterocycles. The third-order valence-corrected chi connectivity index (χ3v) is 11.5. The Morgan fingerprint density at radius 3 is 1.72 bits per heavy atom. The molecule has 0 aromatic heterocycles. The van der Waals surface area contributed by atoms with Gasteiger partial charge >= 0.3 is 0 Å². The summed E-state index contributed by atoms with van der Waals surface area (Å²) in [6.45, 7) is 4.00. The van der Waals surface area contributed by atoms with Crippen LogP contribution in [0.3, 0.4) is 0 Å². The molecule has 0 spiro atoms. The summed E-state index contributed by atoms with van der Waals surface area (Å²) in [7, 11) is 0. The summed E-state index contributed by atoms with van der Waals surface area (Å²) < 4.78 is 0. The van der Waals surface area contributed by atoms with Crippen LogP contribution >= 0.6 is 0 Å². The highest BCUT2D eigenvalue weighted by molar-refractivity contribution is 5.96. The Labute approximate surface area is 349 Å². The van der Waals surface area contributed by atoms with Gasteiger partial charge < -0.3 is 25.3 Å². The fourth-order valence-corrected chi connectivity index (χ4v) is 8.47. The van der Waals surface area contributed by atoms with E-state index in [4.69, 9.17) is 0 Å². The van der Waals surface area contributed by atoms with E-state index in [0.717, 1.165) is 65.7 Å². The molecule has 292 valence electrons. The highest BCUT2D eigenvalue weighted by Crippen LogP contribution is 2.57. The first-order chi connectivity index (χ1) is 29.3. The third-order valence-electron chi connectivity index (χ3n) is 11.5. The van der Waals surface area contributed by atoms with Gasteiger partial charge in [-0.3, -0.25) is 0 Å². The maximum Gasteiger partial charge on any atom is 0.186 e. The Kier molecular flexibility index (Phi) is 10.0. The van der Waals surface area contributed by atoms with Gasteiger partial charge in [0.05, 0.1) is 5.56 Å². The topological polar surface area (TPSA) is 84.2 Å². The first kappa shape index (κ1) is 37.8. The van der Waals surface area contributed by atoms with Crippen LogP contribution in [0, 0.1) is 0 Å². The van der Waals surface area contributed by atoms with Gasteiger partial charge in [0.15, 0.2) is 23.0 Å². The number of benzene rings is 8. The third kappa shape index (κ3) is 6.76. The zero-order valence-corrected chi connectivity index (χ0v) is 33.3. The number of hydrogen-bond acceptors (Lipinski definition) is 5. The second-order valence-electron chi connectivity index (χ2n) is 15.0. The van der Waals surface area contributed by atoms with Crippen molar-refractivity contribution < 1.29 is 20.4 Å². The predicted molar refractivity (Wildman–Crippen MR) is 246 cm³/mol. The fraction of sp³-hybridized carbons (Fsp3) is 0.0545. The average molecular weight is 782 g/mol. The molecule has 1 aliphatic rings. The Morgan fingerprint density at radius 1 is 0.483 bits per heavy atom. The quantitative estimate of drug-likeness (QED) is 0.0911. The molecule has 8 aromatic carbocycles. The monoisotopic (exact) mass is 781 g/mol. The lowest BCUT2D eigenvalue weighted by atomic mass is 9.91. The molecule has 5 heteroatoms. The van der Waals surface area contributed by atoms with Gasteiger partial charge in [0, 0.05) is 11.4 Å². The molecular weight excluding hydrogens is 739 g/mol. The number of phenols is 4. The van der Waals surface area contributed by atoms with Crippen molar-refractivity contribution >= 4 is 39.0 Å². The summed E-state index contributed by atoms with van der Waals surface area (Å²) >= 11 is 0. The van der Waals surface area contributed by atoms with E-state index < -0.39 is 23.0 Å². The molecule has 8 aromatic rings. The van der Waals surface area contributed by atoms with Gasteiger partial charge in [0.1, 0.15) is 5.69 Å². The zero-order chi connectivity index (χ0) is 41.3. The van der Waals surface area contributed by atoms with Gasteiger partial charge in [-0.1, -0.05) is 158 Å². The summed E-state index contributed by atoms with van der Waals surface area (Å²) in [5.41, 5.74) is 10.1. The van der Waals surface area contributed by atoms with Gasteiger partial charge in [-0.05, 0) is 122 Å². The number of nitrogens with zero attached hydrogens (tertiary/aromatic N) is 1. The summed E-state index contributed by atoms with van der Waals surface area (Å²) in [4.78, 5) is 1.67. The Balaban J connectivity index is 1.20. The molecule has 1 aliphatic carbocycles. The number of rotatable bonds is 8. The highest BCUT2D eigenvalue weighted by Gasteiger charge is 2.31. The minimum Gasteiger partial charge on any atom is -0.504 e. The van der Waals surface area contributed by atoms with Crippen LogP contribution in [0.4, 0.5) is 17.1 Å². The molecule has 5 nitrogen and oxygen atoms in total. The molecule has 4 N–H and O–H groups in total. The van der Waals surface area contributed by atoms with Crippen LogP contribution in [0.25, 0.3) is 55.3 Å². The van der Waals surface area contributed by atoms with E-state index in [1.807, 2.05) is 159 Å². The van der Waals surface area contributed by atoms with Gasteiger partial charge in [0.25, 0.3) is 0 Å². The standard InChI is InChI=1S/C55H43NO4/c1-3-14-36-26-32-48(47-22-13-12-21-45(47)35(36)2)50-52(57)54(59)51(55(60)53(50)58)56(44-30-25-37-15-10-11-20-41(37)33-44)43-28-23-38(24-29-43)42-27-31-46(39-16-6-4-7-17-39)49(34-42)40-18-8-5-9-19-40/h3-31,33-34,57-60H,32H2,1-2H3/b14-3-. The van der Waals surface area contributed by atoms with Crippen molar-refractivity contribution in [2.75, 3.05) is 4.90 Å². The number of hydrogen-bond donors (Lipinski definition) is 4. The smallest absolute Gasteiger partial charge is 0.186 e. The summed E-state index contributed by atoms with van der Waals surface area (Å²) in [6.07, 6.45) is 6.37. The number of aromatic hydroxyl groups is 4. The van der Waals surface area contributed by atoms with Crippen molar-refractivity contribution in [1.29, 1.82) is 0 Å². The van der Waals surface area contributed by atoms with E-state index in [1.165, 1.54) is 0 Å². The minimum absolute atomic E-state index is 0.0195. The van der Waals surface area contributed by atoms with Gasteiger partial charge in [-0.25, -0.2) is 0 Å². The van der Waals surface area contributed by atoms with Crippen LogP contribution in [0.2, 0.25) is 0 Å². The Bertz CT molecular complexity index is 3080. The van der Waals surface area contributed by atoms with Crippen LogP contribution < -0.4 is 15.3 Å². The first-order valence-corrected chi connectivity index (χ1v) is 20.1. The second kappa shape index (κ2) is 15.9. The number of anilines is 3. The van der Waals surface area contributed by atoms with E-state index >= 15 is 0 Å². The molecule has 0 saturated carbocycles. The molecule has 0 saturated heterocycles. The van der Waals surface area contributed by atoms with Crippen molar-refractivity contribution in [2.45, 2.75) is 20.3 Å². The SMILES string of the molecule is C/C=C\C1=CCC(c2c(O)c(O)c(N(c3ccc(-c4ccc(-c5ccccc5)c(-c5ccccc5)c4)cc3)c3ccc4ccccc4c3)c(O)c2O)=c2ccccc2=C1C. The normalized spacial score (nSPS) is 12.7. The maximum absolute atomic E-state index is 12.1. The Morgan fingerprint density at radius 2 is 1.05 bits per heavy atom. The first-order valence-electron chi connectivity index (χ1n) is 20.1. The van der Waals surface area contributed by atoms with Crippen molar-refractivity contribution in [3.05, 3.63) is 210 Å². The van der Waals surface area contributed by atoms with E-state index in [1.54, 1.807) is 4.90 Å². The lowest BCUT2D eigenvalue weighted by Crippen LogP contribution is -2.28. The van der Waals surface area contributed by atoms with Crippen LogP contribution in [0.1, 0.15) is 25.8 Å². The molecule has 0 atom stereocenters. The van der Waals surface area contributed by atoms with Crippen LogP contribution in [0.5, 0.6) is 23.0 Å². The summed E-state index contributed by atoms with van der Waals surface area (Å²) in [5.74, 6) is -2.18. The molecule has 0 radical (unpaired) electrons. The number of fused-ring (bicyclic) bond motifs is 2. The summed E-state index contributed by atoms with van der Waals surface area (Å²) in [6, 6.07) is 56.6. The van der Waals surface area contributed by atoms with Gasteiger partial charge in [-0.2, -0.15) is 0 Å². The highest BCUT2D eigenvalue weighted by atomic mass is 16.3. The van der Waals surface area contributed by atoms with Gasteiger partial charge in [0.2, 0.25) is 0 Å². The van der Waals surface area contributed by atoms with Crippen molar-refractivity contribution in [2.24, 2.45) is 0 Å².